The van der Waals surface area contributed by atoms with Crippen LogP contribution in [0.25, 0.3) is 0 Å². The van der Waals surface area contributed by atoms with Gasteiger partial charge in [-0.25, -0.2) is 10.9 Å². The standard InChI is InChI=1S/C18H23N5O/c1-12-7-8-13(10-17(12)23(2)3)20-18(24)16-11-15(21-22-16)14-6-4-5-9-19-14/h4-10,15-16,21-22H,11H2,1-3H3,(H,20,24). The molecule has 2 heterocycles. The van der Waals surface area contributed by atoms with E-state index in [2.05, 4.69) is 28.1 Å². The van der Waals surface area contributed by atoms with Gasteiger partial charge in [-0.2, -0.15) is 0 Å². The Morgan fingerprint density at radius 2 is 2.08 bits per heavy atom. The molecule has 1 aromatic carbocycles. The number of nitrogens with one attached hydrogen (secondary N) is 3. The molecule has 0 saturated carbocycles. The molecule has 1 aliphatic rings. The van der Waals surface area contributed by atoms with Crippen LogP contribution in [0.4, 0.5) is 11.4 Å². The van der Waals surface area contributed by atoms with E-state index in [9.17, 15) is 4.79 Å². The fourth-order valence-electron chi connectivity index (χ4n) is 2.90. The third-order valence-corrected chi connectivity index (χ3v) is 4.22. The van der Waals surface area contributed by atoms with E-state index in [-0.39, 0.29) is 18.0 Å². The summed E-state index contributed by atoms with van der Waals surface area (Å²) in [4.78, 5) is 18.9. The smallest absolute Gasteiger partial charge is 0.242 e. The number of carbonyl (C=O) groups is 1. The Morgan fingerprint density at radius 1 is 1.25 bits per heavy atom. The van der Waals surface area contributed by atoms with Crippen LogP contribution >= 0.6 is 0 Å². The molecule has 1 aromatic heterocycles. The number of aromatic nitrogens is 1. The predicted molar refractivity (Wildman–Crippen MR) is 95.8 cm³/mol. The lowest BCUT2D eigenvalue weighted by Gasteiger charge is -2.18. The summed E-state index contributed by atoms with van der Waals surface area (Å²) >= 11 is 0. The van der Waals surface area contributed by atoms with Crippen LogP contribution in [0.2, 0.25) is 0 Å². The van der Waals surface area contributed by atoms with E-state index < -0.39 is 0 Å². The van der Waals surface area contributed by atoms with Crippen molar-refractivity contribution in [1.82, 2.24) is 15.8 Å². The van der Waals surface area contributed by atoms with Crippen LogP contribution in [0.15, 0.2) is 42.6 Å². The molecule has 0 radical (unpaired) electrons. The molecule has 1 aliphatic heterocycles. The first kappa shape index (κ1) is 16.4. The highest BCUT2D eigenvalue weighted by molar-refractivity contribution is 5.95. The number of aryl methyl sites for hydroxylation is 1. The maximum absolute atomic E-state index is 12.5. The first-order valence-electron chi connectivity index (χ1n) is 8.05. The minimum atomic E-state index is -0.291. The van der Waals surface area contributed by atoms with Crippen molar-refractivity contribution in [1.29, 1.82) is 0 Å². The van der Waals surface area contributed by atoms with Crippen LogP contribution in [-0.2, 0) is 4.79 Å². The van der Waals surface area contributed by atoms with Crippen LogP contribution in [0.3, 0.4) is 0 Å². The number of anilines is 2. The largest absolute Gasteiger partial charge is 0.377 e. The molecule has 0 spiro atoms. The van der Waals surface area contributed by atoms with Crippen LogP contribution in [0.5, 0.6) is 0 Å². The minimum absolute atomic E-state index is 0.0392. The highest BCUT2D eigenvalue weighted by atomic mass is 16.2. The molecule has 24 heavy (non-hydrogen) atoms. The second-order valence-corrected chi connectivity index (χ2v) is 6.27. The van der Waals surface area contributed by atoms with Gasteiger partial charge < -0.3 is 10.2 Å². The van der Waals surface area contributed by atoms with Gasteiger partial charge in [-0.3, -0.25) is 9.78 Å². The number of hydrazine groups is 1. The Labute approximate surface area is 142 Å². The number of rotatable bonds is 4. The molecular formula is C18H23N5O. The number of pyridine rings is 1. The summed E-state index contributed by atoms with van der Waals surface area (Å²) < 4.78 is 0. The van der Waals surface area contributed by atoms with Gasteiger partial charge in [0.05, 0.1) is 11.7 Å². The summed E-state index contributed by atoms with van der Waals surface area (Å²) in [6.07, 6.45) is 2.43. The van der Waals surface area contributed by atoms with E-state index in [1.807, 2.05) is 55.4 Å². The van der Waals surface area contributed by atoms with Gasteiger partial charge in [0.15, 0.2) is 0 Å². The van der Waals surface area contributed by atoms with Gasteiger partial charge in [0.2, 0.25) is 5.91 Å². The van der Waals surface area contributed by atoms with Crippen molar-refractivity contribution in [3.63, 3.8) is 0 Å². The highest BCUT2D eigenvalue weighted by Gasteiger charge is 2.30. The van der Waals surface area contributed by atoms with Gasteiger partial charge in [-0.05, 0) is 43.2 Å². The van der Waals surface area contributed by atoms with Crippen molar-refractivity contribution in [2.45, 2.75) is 25.4 Å². The summed E-state index contributed by atoms with van der Waals surface area (Å²) in [5.41, 5.74) is 10.2. The number of nitrogens with zero attached hydrogens (tertiary/aromatic N) is 2. The van der Waals surface area contributed by atoms with Gasteiger partial charge >= 0.3 is 0 Å². The molecule has 0 bridgehead atoms. The van der Waals surface area contributed by atoms with E-state index >= 15 is 0 Å². The van der Waals surface area contributed by atoms with E-state index in [4.69, 9.17) is 0 Å². The molecule has 2 atom stereocenters. The maximum Gasteiger partial charge on any atom is 0.242 e. The number of benzene rings is 1. The third-order valence-electron chi connectivity index (χ3n) is 4.22. The molecule has 3 rings (SSSR count). The van der Waals surface area contributed by atoms with Crippen LogP contribution in [0.1, 0.15) is 23.7 Å². The lowest BCUT2D eigenvalue weighted by molar-refractivity contribution is -0.117. The lowest BCUT2D eigenvalue weighted by Crippen LogP contribution is -2.39. The minimum Gasteiger partial charge on any atom is -0.377 e. The first-order valence-corrected chi connectivity index (χ1v) is 8.05. The molecule has 1 saturated heterocycles. The van der Waals surface area contributed by atoms with Crippen molar-refractivity contribution >= 4 is 17.3 Å². The van der Waals surface area contributed by atoms with Crippen molar-refractivity contribution < 1.29 is 4.79 Å². The molecule has 2 unspecified atom stereocenters. The summed E-state index contributed by atoms with van der Waals surface area (Å²) in [6, 6.07) is 11.5. The predicted octanol–water partition coefficient (Wildman–Crippen LogP) is 2.00. The Morgan fingerprint density at radius 3 is 2.79 bits per heavy atom. The average molecular weight is 325 g/mol. The molecule has 1 fully saturated rings. The molecule has 6 nitrogen and oxygen atoms in total. The van der Waals surface area contributed by atoms with Gasteiger partial charge in [0.1, 0.15) is 6.04 Å². The zero-order chi connectivity index (χ0) is 17.1. The van der Waals surface area contributed by atoms with Crippen molar-refractivity contribution in [2.24, 2.45) is 0 Å². The maximum atomic E-state index is 12.5. The Kier molecular flexibility index (Phi) is 4.78. The summed E-state index contributed by atoms with van der Waals surface area (Å²) in [7, 11) is 3.99. The quantitative estimate of drug-likeness (QED) is 0.802. The zero-order valence-electron chi connectivity index (χ0n) is 14.2. The Balaban J connectivity index is 1.65. The molecule has 3 N–H and O–H groups in total. The van der Waals surface area contributed by atoms with Crippen LogP contribution in [-0.4, -0.2) is 31.0 Å². The fourth-order valence-corrected chi connectivity index (χ4v) is 2.90. The number of hydrogen-bond donors (Lipinski definition) is 3. The summed E-state index contributed by atoms with van der Waals surface area (Å²) in [6.45, 7) is 2.06. The molecule has 6 heteroatoms. The van der Waals surface area contributed by atoms with Crippen molar-refractivity contribution in [3.05, 3.63) is 53.9 Å². The lowest BCUT2D eigenvalue weighted by atomic mass is 10.1. The Hall–Kier alpha value is -2.44. The van der Waals surface area contributed by atoms with Crippen molar-refractivity contribution in [2.75, 3.05) is 24.3 Å². The SMILES string of the molecule is Cc1ccc(NC(=O)C2CC(c3ccccn3)NN2)cc1N(C)C. The molecule has 126 valence electrons. The summed E-state index contributed by atoms with van der Waals surface area (Å²) in [5, 5.41) is 2.99. The van der Waals surface area contributed by atoms with Crippen LogP contribution < -0.4 is 21.1 Å². The van der Waals surface area contributed by atoms with E-state index in [0.29, 0.717) is 6.42 Å². The fraction of sp³-hybridized carbons (Fsp3) is 0.333. The third kappa shape index (κ3) is 3.55. The van der Waals surface area contributed by atoms with E-state index in [1.54, 1.807) is 6.20 Å². The van der Waals surface area contributed by atoms with E-state index in [0.717, 1.165) is 17.1 Å². The second-order valence-electron chi connectivity index (χ2n) is 6.27. The zero-order valence-corrected chi connectivity index (χ0v) is 14.2. The number of carbonyl (C=O) groups excluding carboxylic acids is 1. The number of hydrogen-bond acceptors (Lipinski definition) is 5. The topological polar surface area (TPSA) is 69.3 Å². The van der Waals surface area contributed by atoms with Gasteiger partial charge in [0.25, 0.3) is 0 Å². The van der Waals surface area contributed by atoms with Crippen molar-refractivity contribution in [3.8, 4) is 0 Å². The Bertz CT molecular complexity index is 717. The summed E-state index contributed by atoms with van der Waals surface area (Å²) in [5.74, 6) is -0.0468. The number of amides is 1. The first-order chi connectivity index (χ1) is 11.5. The van der Waals surface area contributed by atoms with Crippen LogP contribution in [0, 0.1) is 6.92 Å². The second kappa shape index (κ2) is 6.98. The van der Waals surface area contributed by atoms with Gasteiger partial charge in [-0.15, -0.1) is 0 Å². The average Bonchev–Trinajstić information content (AvgIpc) is 3.07. The van der Waals surface area contributed by atoms with E-state index in [1.165, 1.54) is 5.56 Å². The molecular weight excluding hydrogens is 302 g/mol. The van der Waals surface area contributed by atoms with Gasteiger partial charge in [0, 0.05) is 31.7 Å². The molecule has 0 aliphatic carbocycles. The molecule has 1 amide bonds. The monoisotopic (exact) mass is 325 g/mol. The normalized spacial score (nSPS) is 20.0. The molecule has 2 aromatic rings. The van der Waals surface area contributed by atoms with Gasteiger partial charge in [-0.1, -0.05) is 12.1 Å². The highest BCUT2D eigenvalue weighted by Crippen LogP contribution is 2.24.